The Bertz CT molecular complexity index is 386. The highest BCUT2D eigenvalue weighted by Gasteiger charge is 2.19. The first-order valence-electron chi connectivity index (χ1n) is 7.28. The van der Waals surface area contributed by atoms with E-state index in [0.717, 1.165) is 11.0 Å². The fourth-order valence-corrected chi connectivity index (χ4v) is 3.13. The maximum atomic E-state index is 5.70. The molecule has 0 aromatic heterocycles. The lowest BCUT2D eigenvalue weighted by Crippen LogP contribution is -2.37. The molecule has 2 nitrogen and oxygen atoms in total. The third-order valence-electron chi connectivity index (χ3n) is 3.50. The molecule has 1 aromatic carbocycles. The SMILES string of the molecule is CCC(CC)N(CC(C)C)c1ccc(CN)cc1Br. The first-order valence-corrected chi connectivity index (χ1v) is 8.07. The lowest BCUT2D eigenvalue weighted by Gasteiger charge is -2.35. The number of anilines is 1. The molecule has 2 N–H and O–H groups in total. The van der Waals surface area contributed by atoms with E-state index in [9.17, 15) is 0 Å². The summed E-state index contributed by atoms with van der Waals surface area (Å²) < 4.78 is 1.16. The zero-order valence-electron chi connectivity index (χ0n) is 12.6. The summed E-state index contributed by atoms with van der Waals surface area (Å²) >= 11 is 3.71. The third-order valence-corrected chi connectivity index (χ3v) is 4.14. The average Bonchev–Trinajstić information content (AvgIpc) is 2.38. The van der Waals surface area contributed by atoms with Gasteiger partial charge in [0.05, 0.1) is 5.69 Å². The number of hydrogen-bond donors (Lipinski definition) is 1. The molecule has 1 aromatic rings. The van der Waals surface area contributed by atoms with Crippen molar-refractivity contribution in [2.45, 2.75) is 53.1 Å². The van der Waals surface area contributed by atoms with E-state index in [1.165, 1.54) is 24.1 Å². The number of nitrogens with two attached hydrogens (primary N) is 1. The van der Waals surface area contributed by atoms with E-state index in [0.29, 0.717) is 18.5 Å². The normalized spacial score (nSPS) is 11.4. The largest absolute Gasteiger partial charge is 0.367 e. The maximum Gasteiger partial charge on any atom is 0.0513 e. The van der Waals surface area contributed by atoms with E-state index >= 15 is 0 Å². The van der Waals surface area contributed by atoms with Crippen LogP contribution in [-0.2, 0) is 6.54 Å². The van der Waals surface area contributed by atoms with Gasteiger partial charge < -0.3 is 10.6 Å². The summed E-state index contributed by atoms with van der Waals surface area (Å²) in [7, 11) is 0. The fraction of sp³-hybridized carbons (Fsp3) is 0.625. The van der Waals surface area contributed by atoms with Crippen LogP contribution >= 0.6 is 15.9 Å². The molecule has 0 radical (unpaired) electrons. The predicted molar refractivity (Wildman–Crippen MR) is 88.6 cm³/mol. The second kappa shape index (κ2) is 7.91. The van der Waals surface area contributed by atoms with Crippen molar-refractivity contribution in [3.63, 3.8) is 0 Å². The minimum absolute atomic E-state index is 0.591. The van der Waals surface area contributed by atoms with Gasteiger partial charge in [0.15, 0.2) is 0 Å². The molecule has 108 valence electrons. The van der Waals surface area contributed by atoms with Crippen LogP contribution in [0.25, 0.3) is 0 Å². The van der Waals surface area contributed by atoms with Crippen molar-refractivity contribution in [2.24, 2.45) is 11.7 Å². The summed E-state index contributed by atoms with van der Waals surface area (Å²) in [5.74, 6) is 0.654. The van der Waals surface area contributed by atoms with Gasteiger partial charge in [-0.3, -0.25) is 0 Å². The maximum absolute atomic E-state index is 5.70. The van der Waals surface area contributed by atoms with Crippen molar-refractivity contribution < 1.29 is 0 Å². The molecule has 0 spiro atoms. The summed E-state index contributed by atoms with van der Waals surface area (Å²) in [6.45, 7) is 10.8. The first kappa shape index (κ1) is 16.5. The standard InChI is InChI=1S/C16H27BrN2/c1-5-14(6-2)19(11-12(3)4)16-8-7-13(10-18)9-15(16)17/h7-9,12,14H,5-6,10-11,18H2,1-4H3. The van der Waals surface area contributed by atoms with Crippen molar-refractivity contribution in [1.82, 2.24) is 0 Å². The van der Waals surface area contributed by atoms with Crippen molar-refractivity contribution in [2.75, 3.05) is 11.4 Å². The lowest BCUT2D eigenvalue weighted by molar-refractivity contribution is 0.507. The molecule has 0 aliphatic rings. The molecule has 19 heavy (non-hydrogen) atoms. The molecule has 0 unspecified atom stereocenters. The summed E-state index contributed by atoms with van der Waals surface area (Å²) in [6, 6.07) is 7.08. The highest BCUT2D eigenvalue weighted by molar-refractivity contribution is 9.10. The Balaban J connectivity index is 3.09. The molecule has 0 atom stereocenters. The van der Waals surface area contributed by atoms with E-state index in [1.54, 1.807) is 0 Å². The zero-order chi connectivity index (χ0) is 14.4. The molecular weight excluding hydrogens is 300 g/mol. The molecule has 0 aliphatic carbocycles. The van der Waals surface area contributed by atoms with Gasteiger partial charge in [-0.05, 0) is 52.4 Å². The quantitative estimate of drug-likeness (QED) is 0.795. The first-order chi connectivity index (χ1) is 9.03. The van der Waals surface area contributed by atoms with E-state index in [-0.39, 0.29) is 0 Å². The molecule has 0 aliphatic heterocycles. The molecule has 0 heterocycles. The van der Waals surface area contributed by atoms with Gasteiger partial charge in [0.1, 0.15) is 0 Å². The second-order valence-corrected chi connectivity index (χ2v) is 6.36. The van der Waals surface area contributed by atoms with Crippen LogP contribution in [0.3, 0.4) is 0 Å². The van der Waals surface area contributed by atoms with Crippen LogP contribution in [-0.4, -0.2) is 12.6 Å². The topological polar surface area (TPSA) is 29.3 Å². The fourth-order valence-electron chi connectivity index (χ4n) is 2.48. The van der Waals surface area contributed by atoms with Crippen LogP contribution in [0.5, 0.6) is 0 Å². The van der Waals surface area contributed by atoms with Crippen LogP contribution in [0.15, 0.2) is 22.7 Å². The van der Waals surface area contributed by atoms with Gasteiger partial charge in [-0.15, -0.1) is 0 Å². The Hall–Kier alpha value is -0.540. The Morgan fingerprint density at radius 3 is 2.26 bits per heavy atom. The van der Waals surface area contributed by atoms with Crippen LogP contribution in [0.4, 0.5) is 5.69 Å². The molecule has 0 bridgehead atoms. The van der Waals surface area contributed by atoms with E-state index in [1.807, 2.05) is 0 Å². The molecule has 1 rings (SSSR count). The summed E-state index contributed by atoms with van der Waals surface area (Å²) in [5.41, 5.74) is 8.17. The molecule has 0 fully saturated rings. The second-order valence-electron chi connectivity index (χ2n) is 5.51. The molecule has 0 amide bonds. The highest BCUT2D eigenvalue weighted by Crippen LogP contribution is 2.31. The number of hydrogen-bond acceptors (Lipinski definition) is 2. The number of halogens is 1. The van der Waals surface area contributed by atoms with Gasteiger partial charge in [0.2, 0.25) is 0 Å². The average molecular weight is 327 g/mol. The molecule has 3 heteroatoms. The lowest BCUT2D eigenvalue weighted by atomic mass is 10.1. The monoisotopic (exact) mass is 326 g/mol. The summed E-state index contributed by atoms with van der Waals surface area (Å²) in [6.07, 6.45) is 2.35. The van der Waals surface area contributed by atoms with Crippen molar-refractivity contribution in [3.8, 4) is 0 Å². The summed E-state index contributed by atoms with van der Waals surface area (Å²) in [5, 5.41) is 0. The number of rotatable bonds is 7. The Morgan fingerprint density at radius 1 is 1.21 bits per heavy atom. The minimum Gasteiger partial charge on any atom is -0.367 e. The molecular formula is C16H27BrN2. The van der Waals surface area contributed by atoms with Crippen molar-refractivity contribution in [1.29, 1.82) is 0 Å². The molecule has 0 saturated carbocycles. The molecule has 0 saturated heterocycles. The summed E-state index contributed by atoms with van der Waals surface area (Å²) in [4.78, 5) is 2.54. The Morgan fingerprint density at radius 2 is 1.84 bits per heavy atom. The van der Waals surface area contributed by atoms with E-state index in [2.05, 4.69) is 66.7 Å². The van der Waals surface area contributed by atoms with Gasteiger partial charge in [-0.2, -0.15) is 0 Å². The van der Waals surface area contributed by atoms with Crippen LogP contribution in [0, 0.1) is 5.92 Å². The predicted octanol–water partition coefficient (Wildman–Crippen LogP) is 4.56. The van der Waals surface area contributed by atoms with Gasteiger partial charge in [0, 0.05) is 23.6 Å². The highest BCUT2D eigenvalue weighted by atomic mass is 79.9. The minimum atomic E-state index is 0.591. The van der Waals surface area contributed by atoms with Gasteiger partial charge in [-0.25, -0.2) is 0 Å². The van der Waals surface area contributed by atoms with Crippen molar-refractivity contribution in [3.05, 3.63) is 28.2 Å². The van der Waals surface area contributed by atoms with E-state index in [4.69, 9.17) is 5.73 Å². The van der Waals surface area contributed by atoms with Crippen molar-refractivity contribution >= 4 is 21.6 Å². The van der Waals surface area contributed by atoms with Gasteiger partial charge in [-0.1, -0.05) is 33.8 Å². The van der Waals surface area contributed by atoms with Crippen LogP contribution < -0.4 is 10.6 Å². The third kappa shape index (κ3) is 4.50. The Labute approximate surface area is 126 Å². The van der Waals surface area contributed by atoms with Crippen LogP contribution in [0.2, 0.25) is 0 Å². The van der Waals surface area contributed by atoms with E-state index < -0.39 is 0 Å². The van der Waals surface area contributed by atoms with Gasteiger partial charge >= 0.3 is 0 Å². The number of nitrogens with zero attached hydrogens (tertiary/aromatic N) is 1. The zero-order valence-corrected chi connectivity index (χ0v) is 14.2. The Kier molecular flexibility index (Phi) is 6.87. The van der Waals surface area contributed by atoms with Gasteiger partial charge in [0.25, 0.3) is 0 Å². The van der Waals surface area contributed by atoms with Crippen LogP contribution in [0.1, 0.15) is 46.1 Å². The number of benzene rings is 1. The smallest absolute Gasteiger partial charge is 0.0513 e.